The van der Waals surface area contributed by atoms with Crippen LogP contribution in [-0.2, 0) is 4.74 Å². The van der Waals surface area contributed by atoms with Gasteiger partial charge >= 0.3 is 0 Å². The molecule has 0 spiro atoms. The molecular formula is C21H26BrFN6O. The van der Waals surface area contributed by atoms with E-state index in [1.807, 2.05) is 26.2 Å². The third kappa shape index (κ3) is 4.63. The highest BCUT2D eigenvalue weighted by Gasteiger charge is 2.30. The number of H-pyrrole nitrogens is 1. The van der Waals surface area contributed by atoms with Gasteiger partial charge in [0.05, 0.1) is 18.1 Å². The Morgan fingerprint density at radius 2 is 1.97 bits per heavy atom. The number of aromatic nitrogens is 4. The molecule has 1 atom stereocenters. The van der Waals surface area contributed by atoms with Gasteiger partial charge in [0.1, 0.15) is 22.6 Å². The van der Waals surface area contributed by atoms with Crippen molar-refractivity contribution in [2.24, 2.45) is 5.92 Å². The van der Waals surface area contributed by atoms with E-state index in [1.165, 1.54) is 12.1 Å². The second-order valence-electron chi connectivity index (χ2n) is 7.91. The minimum absolute atomic E-state index is 0.0428. The molecule has 1 aliphatic heterocycles. The molecule has 30 heavy (non-hydrogen) atoms. The average molecular weight is 477 g/mol. The van der Waals surface area contributed by atoms with Crippen molar-refractivity contribution in [3.05, 3.63) is 46.6 Å². The zero-order chi connectivity index (χ0) is 21.1. The number of benzene rings is 1. The zero-order valence-corrected chi connectivity index (χ0v) is 18.8. The van der Waals surface area contributed by atoms with E-state index in [4.69, 9.17) is 4.74 Å². The summed E-state index contributed by atoms with van der Waals surface area (Å²) in [7, 11) is 4.07. The fourth-order valence-electron chi connectivity index (χ4n) is 3.98. The highest BCUT2D eigenvalue weighted by Crippen LogP contribution is 2.36. The minimum atomic E-state index is -0.223. The molecule has 1 aliphatic rings. The van der Waals surface area contributed by atoms with E-state index in [0.29, 0.717) is 12.5 Å². The van der Waals surface area contributed by atoms with Crippen molar-refractivity contribution >= 4 is 32.8 Å². The van der Waals surface area contributed by atoms with Gasteiger partial charge in [-0.3, -0.25) is 5.10 Å². The van der Waals surface area contributed by atoms with Crippen LogP contribution in [0.3, 0.4) is 0 Å². The normalized spacial score (nSPS) is 16.5. The number of ether oxygens (including phenoxy) is 1. The van der Waals surface area contributed by atoms with Crippen molar-refractivity contribution in [3.8, 4) is 0 Å². The highest BCUT2D eigenvalue weighted by atomic mass is 79.9. The molecule has 0 bridgehead atoms. The lowest BCUT2D eigenvalue weighted by Gasteiger charge is -2.37. The number of nitrogens with one attached hydrogen (secondary N) is 1. The summed E-state index contributed by atoms with van der Waals surface area (Å²) in [5, 5.41) is 8.03. The predicted octanol–water partition coefficient (Wildman–Crippen LogP) is 3.79. The lowest BCUT2D eigenvalue weighted by molar-refractivity contribution is -0.00309. The maximum absolute atomic E-state index is 13.4. The molecule has 0 saturated carbocycles. The number of halogens is 2. The monoisotopic (exact) mass is 476 g/mol. The molecular weight excluding hydrogens is 451 g/mol. The van der Waals surface area contributed by atoms with Crippen molar-refractivity contribution in [1.29, 1.82) is 0 Å². The Balaban J connectivity index is 1.49. The SMILES string of the molecule is CN(C)CCOC(c1ccc(F)cc1)C1CCN(c2ncnc3[nH]nc(Br)c23)CC1. The summed E-state index contributed by atoms with van der Waals surface area (Å²) in [6.45, 7) is 3.22. The van der Waals surface area contributed by atoms with Gasteiger partial charge in [0, 0.05) is 19.6 Å². The fraction of sp³-hybridized carbons (Fsp3) is 0.476. The van der Waals surface area contributed by atoms with E-state index in [0.717, 1.165) is 59.5 Å². The standard InChI is InChI=1S/C21H26BrFN6O/c1-28(2)11-12-30-18(14-3-5-16(23)6-4-14)15-7-9-29(10-8-15)21-17-19(22)26-27-20(17)24-13-25-21/h3-6,13,15,18H,7-12H2,1-2H3,(H,24,25,26,27). The molecule has 0 aliphatic carbocycles. The lowest BCUT2D eigenvalue weighted by Crippen LogP contribution is -2.37. The molecule has 9 heteroatoms. The first-order valence-electron chi connectivity index (χ1n) is 10.1. The predicted molar refractivity (Wildman–Crippen MR) is 118 cm³/mol. The first-order valence-corrected chi connectivity index (χ1v) is 10.9. The fourth-order valence-corrected chi connectivity index (χ4v) is 4.44. The number of piperidine rings is 1. The molecule has 1 unspecified atom stereocenters. The maximum atomic E-state index is 13.4. The molecule has 1 aromatic carbocycles. The van der Waals surface area contributed by atoms with Crippen LogP contribution in [0, 0.1) is 11.7 Å². The Morgan fingerprint density at radius 3 is 2.67 bits per heavy atom. The summed E-state index contributed by atoms with van der Waals surface area (Å²) in [5.41, 5.74) is 1.76. The minimum Gasteiger partial charge on any atom is -0.372 e. The van der Waals surface area contributed by atoms with Crippen LogP contribution in [0.1, 0.15) is 24.5 Å². The van der Waals surface area contributed by atoms with Gasteiger partial charge < -0.3 is 14.5 Å². The number of nitrogens with zero attached hydrogens (tertiary/aromatic N) is 5. The molecule has 4 rings (SSSR count). The molecule has 0 radical (unpaired) electrons. The van der Waals surface area contributed by atoms with Gasteiger partial charge in [-0.1, -0.05) is 12.1 Å². The number of likely N-dealkylation sites (N-methyl/N-ethyl adjacent to an activating group) is 1. The van der Waals surface area contributed by atoms with Crippen LogP contribution in [-0.4, -0.2) is 65.4 Å². The molecule has 7 nitrogen and oxygen atoms in total. The van der Waals surface area contributed by atoms with Crippen LogP contribution < -0.4 is 4.90 Å². The Kier molecular flexibility index (Phi) is 6.60. The Hall–Kier alpha value is -2.10. The second-order valence-corrected chi connectivity index (χ2v) is 8.66. The van der Waals surface area contributed by atoms with Crippen LogP contribution in [0.25, 0.3) is 11.0 Å². The molecule has 160 valence electrons. The summed E-state index contributed by atoms with van der Waals surface area (Å²) < 4.78 is 20.5. The van der Waals surface area contributed by atoms with Gasteiger partial charge in [-0.2, -0.15) is 5.10 Å². The Labute approximate surface area is 183 Å². The number of anilines is 1. The van der Waals surface area contributed by atoms with Gasteiger partial charge in [0.15, 0.2) is 5.65 Å². The van der Waals surface area contributed by atoms with E-state index in [-0.39, 0.29) is 11.9 Å². The summed E-state index contributed by atoms with van der Waals surface area (Å²) in [4.78, 5) is 13.2. The molecule has 3 aromatic rings. The van der Waals surface area contributed by atoms with E-state index in [9.17, 15) is 4.39 Å². The molecule has 1 fully saturated rings. The van der Waals surface area contributed by atoms with Crippen LogP contribution in [0.2, 0.25) is 0 Å². The first-order chi connectivity index (χ1) is 14.5. The second kappa shape index (κ2) is 9.36. The van der Waals surface area contributed by atoms with Crippen LogP contribution in [0.4, 0.5) is 10.2 Å². The quantitative estimate of drug-likeness (QED) is 0.559. The van der Waals surface area contributed by atoms with Crippen molar-refractivity contribution in [3.63, 3.8) is 0 Å². The largest absolute Gasteiger partial charge is 0.372 e. The summed E-state index contributed by atoms with van der Waals surface area (Å²) in [6, 6.07) is 6.72. The van der Waals surface area contributed by atoms with E-state index < -0.39 is 0 Å². The van der Waals surface area contributed by atoms with E-state index in [1.54, 1.807) is 6.33 Å². The van der Waals surface area contributed by atoms with Crippen molar-refractivity contribution in [2.45, 2.75) is 18.9 Å². The summed E-state index contributed by atoms with van der Waals surface area (Å²) in [5.74, 6) is 1.03. The zero-order valence-electron chi connectivity index (χ0n) is 17.2. The van der Waals surface area contributed by atoms with Gasteiger partial charge in [-0.25, -0.2) is 14.4 Å². The van der Waals surface area contributed by atoms with Gasteiger partial charge in [0.25, 0.3) is 0 Å². The van der Waals surface area contributed by atoms with E-state index >= 15 is 0 Å². The number of hydrogen-bond acceptors (Lipinski definition) is 6. The summed E-state index contributed by atoms with van der Waals surface area (Å²) in [6.07, 6.45) is 3.45. The highest BCUT2D eigenvalue weighted by molar-refractivity contribution is 9.10. The third-order valence-corrected chi connectivity index (χ3v) is 6.17. The van der Waals surface area contributed by atoms with Crippen molar-refractivity contribution in [1.82, 2.24) is 25.1 Å². The van der Waals surface area contributed by atoms with E-state index in [2.05, 4.69) is 45.9 Å². The topological polar surface area (TPSA) is 70.2 Å². The average Bonchev–Trinajstić information content (AvgIpc) is 3.13. The smallest absolute Gasteiger partial charge is 0.161 e. The van der Waals surface area contributed by atoms with Crippen LogP contribution in [0.5, 0.6) is 0 Å². The molecule has 3 heterocycles. The van der Waals surface area contributed by atoms with Crippen molar-refractivity contribution in [2.75, 3.05) is 45.2 Å². The Morgan fingerprint density at radius 1 is 1.23 bits per heavy atom. The molecule has 1 saturated heterocycles. The molecule has 2 aromatic heterocycles. The van der Waals surface area contributed by atoms with Gasteiger partial charge in [-0.05, 0) is 66.5 Å². The van der Waals surface area contributed by atoms with Crippen molar-refractivity contribution < 1.29 is 9.13 Å². The lowest BCUT2D eigenvalue weighted by atomic mass is 9.87. The van der Waals surface area contributed by atoms with Crippen LogP contribution in [0.15, 0.2) is 35.2 Å². The number of fused-ring (bicyclic) bond motifs is 1. The maximum Gasteiger partial charge on any atom is 0.161 e. The van der Waals surface area contributed by atoms with Gasteiger partial charge in [-0.15, -0.1) is 0 Å². The summed E-state index contributed by atoms with van der Waals surface area (Å²) >= 11 is 3.49. The first kappa shape index (κ1) is 21.1. The number of hydrogen-bond donors (Lipinski definition) is 1. The molecule has 0 amide bonds. The van der Waals surface area contributed by atoms with Gasteiger partial charge in [0.2, 0.25) is 0 Å². The Bertz CT molecular complexity index is 971. The number of rotatable bonds is 7. The number of aromatic amines is 1. The van der Waals surface area contributed by atoms with Crippen LogP contribution >= 0.6 is 15.9 Å². The molecule has 1 N–H and O–H groups in total. The third-order valence-electron chi connectivity index (χ3n) is 5.60.